The maximum atomic E-state index is 12.7. The molecule has 2 aromatic rings. The smallest absolute Gasteiger partial charge is 0.266 e. The predicted molar refractivity (Wildman–Crippen MR) is 129 cm³/mol. The van der Waals surface area contributed by atoms with Crippen LogP contribution in [0.2, 0.25) is 0 Å². The molecule has 0 saturated carbocycles. The van der Waals surface area contributed by atoms with Crippen LogP contribution in [0.25, 0.3) is 6.08 Å². The minimum atomic E-state index is -0.143. The van der Waals surface area contributed by atoms with Crippen molar-refractivity contribution in [2.45, 2.75) is 39.0 Å². The number of ether oxygens (including phenoxy) is 1. The second-order valence-electron chi connectivity index (χ2n) is 6.87. The molecule has 0 radical (unpaired) electrons. The predicted octanol–water partition coefficient (Wildman–Crippen LogP) is 4.51. The van der Waals surface area contributed by atoms with E-state index in [1.54, 1.807) is 18.1 Å². The number of methoxy groups -OCH3 is 1. The van der Waals surface area contributed by atoms with Crippen molar-refractivity contribution >= 4 is 62.7 Å². The third-order valence-corrected chi connectivity index (χ3v) is 6.78. The molecule has 0 spiro atoms. The summed E-state index contributed by atoms with van der Waals surface area (Å²) in [6, 6.07) is 7.48. The molecule has 2 heterocycles. The lowest BCUT2D eigenvalue weighted by Gasteiger charge is -2.13. The number of hydrogen-bond acceptors (Lipinski definition) is 8. The van der Waals surface area contributed by atoms with Gasteiger partial charge in [-0.1, -0.05) is 60.8 Å². The van der Waals surface area contributed by atoms with E-state index in [2.05, 4.69) is 22.4 Å². The van der Waals surface area contributed by atoms with Gasteiger partial charge >= 0.3 is 0 Å². The van der Waals surface area contributed by atoms with E-state index in [0.29, 0.717) is 27.3 Å². The number of thioether (sulfide) groups is 1. The van der Waals surface area contributed by atoms with E-state index < -0.39 is 0 Å². The highest BCUT2D eigenvalue weighted by Crippen LogP contribution is 2.33. The van der Waals surface area contributed by atoms with Gasteiger partial charge in [0.05, 0.1) is 12.0 Å². The van der Waals surface area contributed by atoms with Gasteiger partial charge in [0.2, 0.25) is 11.0 Å². The molecule has 1 aromatic heterocycles. The Morgan fingerprint density at radius 2 is 2.16 bits per heavy atom. The number of unbranched alkanes of at least 4 members (excludes halogenated alkanes) is 1. The molecule has 0 bridgehead atoms. The molecule has 1 saturated heterocycles. The number of nitrogens with zero attached hydrogens (tertiary/aromatic N) is 3. The molecule has 2 amide bonds. The van der Waals surface area contributed by atoms with Gasteiger partial charge in [0.25, 0.3) is 5.91 Å². The fourth-order valence-corrected chi connectivity index (χ4v) is 4.99. The molecule has 0 atom stereocenters. The van der Waals surface area contributed by atoms with Gasteiger partial charge in [-0.15, -0.1) is 10.2 Å². The SMILES string of the molecule is CCCCc1nnc(NC(=O)CCCN2C(=O)C(=Cc3cccc(OC)c3)SC2=S)s1. The number of nitrogens with one attached hydrogen (secondary N) is 1. The maximum absolute atomic E-state index is 12.7. The van der Waals surface area contributed by atoms with Crippen LogP contribution in [-0.4, -0.2) is 44.9 Å². The highest BCUT2D eigenvalue weighted by Gasteiger charge is 2.31. The van der Waals surface area contributed by atoms with Gasteiger partial charge in [-0.05, 0) is 36.6 Å². The summed E-state index contributed by atoms with van der Waals surface area (Å²) >= 11 is 8.04. The highest BCUT2D eigenvalue weighted by atomic mass is 32.2. The monoisotopic (exact) mass is 476 g/mol. The van der Waals surface area contributed by atoms with Crippen LogP contribution in [0, 0.1) is 0 Å². The first-order valence-electron chi connectivity index (χ1n) is 10.0. The number of anilines is 1. The molecular formula is C21H24N4O3S3. The fourth-order valence-electron chi connectivity index (χ4n) is 2.89. The second-order valence-corrected chi connectivity index (χ2v) is 9.60. The summed E-state index contributed by atoms with van der Waals surface area (Å²) in [6.45, 7) is 2.52. The number of hydrogen-bond donors (Lipinski definition) is 1. The van der Waals surface area contributed by atoms with E-state index >= 15 is 0 Å². The van der Waals surface area contributed by atoms with Crippen LogP contribution in [-0.2, 0) is 16.0 Å². The first-order valence-corrected chi connectivity index (χ1v) is 12.1. The number of rotatable bonds is 10. The lowest BCUT2D eigenvalue weighted by molar-refractivity contribution is -0.122. The number of carbonyl (C=O) groups is 2. The van der Waals surface area contributed by atoms with Gasteiger partial charge in [-0.2, -0.15) is 0 Å². The molecule has 0 unspecified atom stereocenters. The van der Waals surface area contributed by atoms with Crippen LogP contribution in [0.3, 0.4) is 0 Å². The molecule has 1 aliphatic heterocycles. The van der Waals surface area contributed by atoms with Crippen LogP contribution in [0.15, 0.2) is 29.2 Å². The molecule has 1 fully saturated rings. The summed E-state index contributed by atoms with van der Waals surface area (Å²) in [7, 11) is 1.60. The molecule has 31 heavy (non-hydrogen) atoms. The Kier molecular flexibility index (Phi) is 8.56. The van der Waals surface area contributed by atoms with Gasteiger partial charge < -0.3 is 10.1 Å². The van der Waals surface area contributed by atoms with Crippen molar-refractivity contribution in [3.05, 3.63) is 39.7 Å². The Morgan fingerprint density at radius 1 is 1.32 bits per heavy atom. The van der Waals surface area contributed by atoms with Gasteiger partial charge in [-0.25, -0.2) is 0 Å². The van der Waals surface area contributed by atoms with E-state index in [4.69, 9.17) is 17.0 Å². The number of carbonyl (C=O) groups excluding carboxylic acids is 2. The Labute approximate surface area is 195 Å². The van der Waals surface area contributed by atoms with Gasteiger partial charge in [0.1, 0.15) is 15.1 Å². The standard InChI is InChI=1S/C21H24N4O3S3/c1-3-4-10-18-23-24-20(31-18)22-17(26)9-6-11-25-19(27)16(30-21(25)29)13-14-7-5-8-15(12-14)28-2/h5,7-8,12-13H,3-4,6,9-11H2,1-2H3,(H,22,24,26). The lowest BCUT2D eigenvalue weighted by Crippen LogP contribution is -2.29. The molecule has 1 aliphatic rings. The van der Waals surface area contributed by atoms with E-state index in [9.17, 15) is 9.59 Å². The zero-order valence-electron chi connectivity index (χ0n) is 17.4. The molecule has 3 rings (SSSR count). The van der Waals surface area contributed by atoms with Crippen LogP contribution < -0.4 is 10.1 Å². The van der Waals surface area contributed by atoms with Crippen LogP contribution in [0.4, 0.5) is 5.13 Å². The number of aryl methyl sites for hydroxylation is 1. The third-order valence-electron chi connectivity index (χ3n) is 4.51. The number of amides is 2. The minimum absolute atomic E-state index is 0.136. The first kappa shape index (κ1) is 23.4. The topological polar surface area (TPSA) is 84.4 Å². The summed E-state index contributed by atoms with van der Waals surface area (Å²) in [5.74, 6) is 0.446. The first-order chi connectivity index (χ1) is 15.0. The van der Waals surface area contributed by atoms with E-state index in [0.717, 1.165) is 35.6 Å². The summed E-state index contributed by atoms with van der Waals surface area (Å²) in [5, 5.41) is 12.3. The maximum Gasteiger partial charge on any atom is 0.266 e. The Bertz CT molecular complexity index is 990. The molecule has 1 N–H and O–H groups in total. The van der Waals surface area contributed by atoms with Crippen molar-refractivity contribution in [3.63, 3.8) is 0 Å². The quantitative estimate of drug-likeness (QED) is 0.399. The molecule has 0 aliphatic carbocycles. The lowest BCUT2D eigenvalue weighted by atomic mass is 10.2. The molecule has 7 nitrogen and oxygen atoms in total. The Morgan fingerprint density at radius 3 is 2.94 bits per heavy atom. The molecule has 164 valence electrons. The average molecular weight is 477 g/mol. The van der Waals surface area contributed by atoms with Crippen molar-refractivity contribution in [2.75, 3.05) is 19.0 Å². The van der Waals surface area contributed by atoms with E-state index in [1.165, 1.54) is 23.1 Å². The largest absolute Gasteiger partial charge is 0.497 e. The van der Waals surface area contributed by atoms with Crippen molar-refractivity contribution in [3.8, 4) is 5.75 Å². The summed E-state index contributed by atoms with van der Waals surface area (Å²) in [6.07, 6.45) is 5.61. The Hall–Kier alpha value is -2.30. The number of thiocarbonyl (C=S) groups is 1. The Balaban J connectivity index is 1.49. The van der Waals surface area contributed by atoms with Gasteiger partial charge in [-0.3, -0.25) is 14.5 Å². The summed E-state index contributed by atoms with van der Waals surface area (Å²) < 4.78 is 5.73. The number of aromatic nitrogens is 2. The van der Waals surface area contributed by atoms with Crippen LogP contribution in [0.1, 0.15) is 43.2 Å². The molecular weight excluding hydrogens is 452 g/mol. The van der Waals surface area contributed by atoms with Crippen LogP contribution in [0.5, 0.6) is 5.75 Å². The van der Waals surface area contributed by atoms with Crippen molar-refractivity contribution in [1.29, 1.82) is 0 Å². The highest BCUT2D eigenvalue weighted by molar-refractivity contribution is 8.26. The van der Waals surface area contributed by atoms with Crippen molar-refractivity contribution in [1.82, 2.24) is 15.1 Å². The third kappa shape index (κ3) is 6.59. The number of benzene rings is 1. The summed E-state index contributed by atoms with van der Waals surface area (Å²) in [5.41, 5.74) is 0.870. The second kappa shape index (κ2) is 11.4. The summed E-state index contributed by atoms with van der Waals surface area (Å²) in [4.78, 5) is 27.0. The molecule has 10 heteroatoms. The van der Waals surface area contributed by atoms with E-state index in [1.807, 2.05) is 24.3 Å². The zero-order valence-corrected chi connectivity index (χ0v) is 19.9. The van der Waals surface area contributed by atoms with Gasteiger partial charge in [0, 0.05) is 19.4 Å². The van der Waals surface area contributed by atoms with Crippen molar-refractivity contribution < 1.29 is 14.3 Å². The van der Waals surface area contributed by atoms with Gasteiger partial charge in [0.15, 0.2) is 0 Å². The zero-order chi connectivity index (χ0) is 22.2. The normalized spacial score (nSPS) is 15.0. The van der Waals surface area contributed by atoms with E-state index in [-0.39, 0.29) is 18.2 Å². The van der Waals surface area contributed by atoms with Crippen LogP contribution >= 0.6 is 35.3 Å². The minimum Gasteiger partial charge on any atom is -0.497 e. The molecule has 1 aromatic carbocycles. The van der Waals surface area contributed by atoms with Crippen molar-refractivity contribution in [2.24, 2.45) is 0 Å². The fraction of sp³-hybridized carbons (Fsp3) is 0.381. The average Bonchev–Trinajstić information content (AvgIpc) is 3.31.